The summed E-state index contributed by atoms with van der Waals surface area (Å²) in [5.41, 5.74) is 1.56. The molecular formula is C31H25NO9. The molecule has 4 aromatic carbocycles. The van der Waals surface area contributed by atoms with E-state index in [0.29, 0.717) is 50.8 Å². The quantitative estimate of drug-likeness (QED) is 0.110. The van der Waals surface area contributed by atoms with Gasteiger partial charge in [-0.25, -0.2) is 4.79 Å². The van der Waals surface area contributed by atoms with Gasteiger partial charge in [0.2, 0.25) is 0 Å². The molecule has 0 N–H and O–H groups in total. The van der Waals surface area contributed by atoms with Gasteiger partial charge in [-0.2, -0.15) is 0 Å². The lowest BCUT2D eigenvalue weighted by molar-refractivity contribution is -0.385. The Morgan fingerprint density at radius 3 is 2.15 bits per heavy atom. The highest BCUT2D eigenvalue weighted by Gasteiger charge is 2.53. The molecule has 2 heterocycles. The molecule has 0 saturated heterocycles. The van der Waals surface area contributed by atoms with Crippen LogP contribution >= 0.6 is 0 Å². The highest BCUT2D eigenvalue weighted by atomic mass is 16.7. The van der Waals surface area contributed by atoms with Crippen LogP contribution in [0.1, 0.15) is 32.6 Å². The molecule has 0 amide bonds. The fraction of sp³-hybridized carbons (Fsp3) is 0.194. The first-order chi connectivity index (χ1) is 19.9. The number of carbonyl (C=O) groups is 1. The van der Waals surface area contributed by atoms with E-state index < -0.39 is 22.8 Å². The summed E-state index contributed by atoms with van der Waals surface area (Å²) in [6.07, 6.45) is -0.554. The number of hydrogen-bond donors (Lipinski definition) is 0. The average Bonchev–Trinajstić information content (AvgIpc) is 3.29. The van der Waals surface area contributed by atoms with Gasteiger partial charge in [-0.05, 0) is 36.4 Å². The number of carbonyl (C=O) groups excluding carboxylic acids is 1. The van der Waals surface area contributed by atoms with Crippen LogP contribution in [-0.2, 0) is 26.4 Å². The molecule has 0 saturated carbocycles. The number of nitro groups is 1. The molecule has 0 bridgehead atoms. The van der Waals surface area contributed by atoms with Crippen LogP contribution in [0.25, 0.3) is 0 Å². The molecule has 1 atom stereocenters. The van der Waals surface area contributed by atoms with Crippen molar-refractivity contribution in [2.24, 2.45) is 0 Å². The number of esters is 1. The molecule has 2 aliphatic heterocycles. The molecule has 10 heteroatoms. The molecule has 0 fully saturated rings. The Morgan fingerprint density at radius 2 is 1.46 bits per heavy atom. The smallest absolute Gasteiger partial charge is 0.340 e. The molecule has 208 valence electrons. The van der Waals surface area contributed by atoms with Gasteiger partial charge in [0, 0.05) is 49.1 Å². The molecule has 2 aliphatic rings. The Labute approximate surface area is 235 Å². The van der Waals surface area contributed by atoms with Crippen molar-refractivity contribution < 1.29 is 38.1 Å². The zero-order chi connectivity index (χ0) is 28.6. The predicted octanol–water partition coefficient (Wildman–Crippen LogP) is 5.74. The fourth-order valence-corrected chi connectivity index (χ4v) is 5.18. The molecule has 0 aromatic heterocycles. The largest absolute Gasteiger partial charge is 0.489 e. The van der Waals surface area contributed by atoms with Crippen molar-refractivity contribution >= 4 is 11.7 Å². The third-order valence-electron chi connectivity index (χ3n) is 7.15. The third-order valence-corrected chi connectivity index (χ3v) is 7.15. The topological polar surface area (TPSA) is 116 Å². The van der Waals surface area contributed by atoms with E-state index in [-0.39, 0.29) is 18.9 Å². The summed E-state index contributed by atoms with van der Waals surface area (Å²) < 4.78 is 34.8. The maximum atomic E-state index is 13.1. The summed E-state index contributed by atoms with van der Waals surface area (Å²) in [6.45, 7) is 0.128. The summed E-state index contributed by atoms with van der Waals surface area (Å²) in [5.74, 6) is 1.32. The second-order valence-corrected chi connectivity index (χ2v) is 9.42. The van der Waals surface area contributed by atoms with E-state index in [4.69, 9.17) is 28.4 Å². The molecule has 4 aromatic rings. The van der Waals surface area contributed by atoms with Crippen molar-refractivity contribution in [1.29, 1.82) is 0 Å². The number of para-hydroxylation sites is 1. The summed E-state index contributed by atoms with van der Waals surface area (Å²) >= 11 is 0. The van der Waals surface area contributed by atoms with Crippen LogP contribution in [0, 0.1) is 10.1 Å². The normalized spacial score (nSPS) is 16.4. The van der Waals surface area contributed by atoms with Crippen LogP contribution in [0.3, 0.4) is 0 Å². The first-order valence-electron chi connectivity index (χ1n) is 12.8. The zero-order valence-corrected chi connectivity index (χ0v) is 22.2. The van der Waals surface area contributed by atoms with Gasteiger partial charge in [0.15, 0.2) is 11.9 Å². The van der Waals surface area contributed by atoms with E-state index in [0.717, 1.165) is 0 Å². The Morgan fingerprint density at radius 1 is 0.829 bits per heavy atom. The minimum Gasteiger partial charge on any atom is -0.489 e. The van der Waals surface area contributed by atoms with Gasteiger partial charge in [-0.1, -0.05) is 30.3 Å². The second-order valence-electron chi connectivity index (χ2n) is 9.42. The maximum Gasteiger partial charge on any atom is 0.340 e. The summed E-state index contributed by atoms with van der Waals surface area (Å²) in [6, 6.07) is 24.2. The maximum absolute atomic E-state index is 13.1. The number of nitro benzene ring substituents is 1. The molecule has 10 nitrogen and oxygen atoms in total. The average molecular weight is 556 g/mol. The number of rotatable bonds is 9. The predicted molar refractivity (Wildman–Crippen MR) is 145 cm³/mol. The number of nitrogens with zero attached hydrogens (tertiary/aromatic N) is 1. The second kappa shape index (κ2) is 10.6. The van der Waals surface area contributed by atoms with Gasteiger partial charge in [0.25, 0.3) is 5.69 Å². The van der Waals surface area contributed by atoms with Gasteiger partial charge in [-0.15, -0.1) is 0 Å². The standard InChI is InChI=1S/C31H25NO9/c1-36-29(37-2)18-39-21-12-14-25-28(16-21)40-27-15-20(38-17-19-7-3-6-10-26(19)32(34)35)11-13-24(27)31(25)23-9-5-4-8-22(23)30(33)41-31/h3-16,29H,17-18H2,1-2H3. The van der Waals surface area contributed by atoms with E-state index in [9.17, 15) is 14.9 Å². The molecule has 1 unspecified atom stereocenters. The minimum atomic E-state index is -1.26. The third kappa shape index (κ3) is 4.52. The van der Waals surface area contributed by atoms with Crippen molar-refractivity contribution in [3.05, 3.63) is 123 Å². The van der Waals surface area contributed by atoms with E-state index in [1.807, 2.05) is 18.2 Å². The lowest BCUT2D eigenvalue weighted by Crippen LogP contribution is -2.33. The van der Waals surface area contributed by atoms with E-state index in [2.05, 4.69) is 0 Å². The highest BCUT2D eigenvalue weighted by molar-refractivity contribution is 5.97. The number of benzene rings is 4. The van der Waals surface area contributed by atoms with Crippen LogP contribution in [0.5, 0.6) is 23.0 Å². The monoisotopic (exact) mass is 555 g/mol. The Kier molecular flexibility index (Phi) is 6.78. The van der Waals surface area contributed by atoms with Gasteiger partial charge < -0.3 is 28.4 Å². The molecule has 1 spiro atoms. The SMILES string of the molecule is COC(COc1ccc2c(c1)Oc1cc(OCc3ccccc3[N+](=O)[O-])ccc1C21OC(=O)c2ccccc21)OC. The van der Waals surface area contributed by atoms with Gasteiger partial charge in [0.1, 0.15) is 36.2 Å². The lowest BCUT2D eigenvalue weighted by Gasteiger charge is -2.36. The summed E-state index contributed by atoms with van der Waals surface area (Å²) in [5, 5.41) is 11.4. The van der Waals surface area contributed by atoms with Crippen LogP contribution < -0.4 is 14.2 Å². The van der Waals surface area contributed by atoms with Crippen LogP contribution in [0.15, 0.2) is 84.9 Å². The first kappa shape index (κ1) is 26.3. The van der Waals surface area contributed by atoms with Crippen molar-refractivity contribution in [3.63, 3.8) is 0 Å². The molecule has 0 radical (unpaired) electrons. The van der Waals surface area contributed by atoms with Crippen molar-refractivity contribution in [1.82, 2.24) is 0 Å². The Hall–Kier alpha value is -4.93. The van der Waals surface area contributed by atoms with E-state index >= 15 is 0 Å². The molecule has 41 heavy (non-hydrogen) atoms. The number of methoxy groups -OCH3 is 2. The first-order valence-corrected chi connectivity index (χ1v) is 12.8. The molecule has 0 aliphatic carbocycles. The van der Waals surface area contributed by atoms with Crippen LogP contribution in [-0.4, -0.2) is 38.0 Å². The van der Waals surface area contributed by atoms with Crippen LogP contribution in [0.2, 0.25) is 0 Å². The summed E-state index contributed by atoms with van der Waals surface area (Å²) in [7, 11) is 3.05. The fourth-order valence-electron chi connectivity index (χ4n) is 5.18. The lowest BCUT2D eigenvalue weighted by atomic mass is 9.77. The van der Waals surface area contributed by atoms with E-state index in [1.54, 1.807) is 60.7 Å². The van der Waals surface area contributed by atoms with Gasteiger partial charge in [0.05, 0.1) is 16.1 Å². The molecule has 6 rings (SSSR count). The van der Waals surface area contributed by atoms with Crippen molar-refractivity contribution in [2.45, 2.75) is 18.5 Å². The highest BCUT2D eigenvalue weighted by Crippen LogP contribution is 2.57. The minimum absolute atomic E-state index is 0.0202. The Bertz CT molecular complexity index is 1650. The zero-order valence-electron chi connectivity index (χ0n) is 22.2. The molecular weight excluding hydrogens is 530 g/mol. The van der Waals surface area contributed by atoms with Crippen LogP contribution in [0.4, 0.5) is 5.69 Å². The van der Waals surface area contributed by atoms with Crippen molar-refractivity contribution in [2.75, 3.05) is 20.8 Å². The number of fused-ring (bicyclic) bond motifs is 6. The van der Waals surface area contributed by atoms with Gasteiger partial charge in [-0.3, -0.25) is 10.1 Å². The van der Waals surface area contributed by atoms with E-state index in [1.165, 1.54) is 20.3 Å². The Balaban J connectivity index is 1.40. The van der Waals surface area contributed by atoms with Gasteiger partial charge >= 0.3 is 5.97 Å². The number of ether oxygens (including phenoxy) is 6. The van der Waals surface area contributed by atoms with Crippen molar-refractivity contribution in [3.8, 4) is 23.0 Å². The number of hydrogen-bond acceptors (Lipinski definition) is 9. The summed E-state index contributed by atoms with van der Waals surface area (Å²) in [4.78, 5) is 24.1.